The first kappa shape index (κ1) is 16.2. The quantitative estimate of drug-likeness (QED) is 0.935. The number of nitrogens with one attached hydrogen (secondary N) is 1. The number of para-hydroxylation sites is 2. The van der Waals surface area contributed by atoms with Crippen LogP contribution in [0.25, 0.3) is 0 Å². The Morgan fingerprint density at radius 2 is 2.00 bits per heavy atom. The topological polar surface area (TPSA) is 70.5 Å². The molecule has 0 spiro atoms. The van der Waals surface area contributed by atoms with Crippen LogP contribution in [0.1, 0.15) is 22.6 Å². The van der Waals surface area contributed by atoms with Crippen LogP contribution in [0.4, 0.5) is 17.1 Å². The number of carbonyl (C=O) groups is 2. The number of carbonyl (C=O) groups excluding carboxylic acids is 2. The molecule has 2 heterocycles. The molecule has 24 heavy (non-hydrogen) atoms. The molecule has 0 saturated carbocycles. The summed E-state index contributed by atoms with van der Waals surface area (Å²) in [6, 6.07) is 7.33. The van der Waals surface area contributed by atoms with E-state index in [1.54, 1.807) is 18.0 Å². The standard InChI is InChI=1S/C17H21N5O2/c1-11-15-16(21(4)19-11)17(24)18-12-7-5-6-8-13(12)22(15)14(23)9-10-20(2)3/h5-8H,9-10H2,1-4H3,(H,18,24). The van der Waals surface area contributed by atoms with E-state index in [0.717, 1.165) is 0 Å². The summed E-state index contributed by atoms with van der Waals surface area (Å²) in [6.45, 7) is 2.44. The lowest BCUT2D eigenvalue weighted by Gasteiger charge is -2.23. The molecule has 7 heteroatoms. The maximum absolute atomic E-state index is 13.0. The molecule has 0 bridgehead atoms. The third-order valence-corrected chi connectivity index (χ3v) is 4.04. The normalized spacial score (nSPS) is 13.4. The number of nitrogens with zero attached hydrogens (tertiary/aromatic N) is 4. The highest BCUT2D eigenvalue weighted by atomic mass is 16.2. The van der Waals surface area contributed by atoms with Gasteiger partial charge >= 0.3 is 0 Å². The summed E-state index contributed by atoms with van der Waals surface area (Å²) < 4.78 is 1.53. The molecular weight excluding hydrogens is 306 g/mol. The number of hydrogen-bond donors (Lipinski definition) is 1. The monoisotopic (exact) mass is 327 g/mol. The molecular formula is C17H21N5O2. The summed E-state index contributed by atoms with van der Waals surface area (Å²) in [5, 5.41) is 7.22. The maximum Gasteiger partial charge on any atom is 0.276 e. The molecule has 1 aromatic heterocycles. The zero-order chi connectivity index (χ0) is 17.4. The van der Waals surface area contributed by atoms with E-state index in [9.17, 15) is 9.59 Å². The van der Waals surface area contributed by atoms with Crippen molar-refractivity contribution in [2.75, 3.05) is 30.9 Å². The molecule has 0 aliphatic carbocycles. The zero-order valence-electron chi connectivity index (χ0n) is 14.3. The van der Waals surface area contributed by atoms with Crippen LogP contribution in [0.3, 0.4) is 0 Å². The molecule has 1 N–H and O–H groups in total. The summed E-state index contributed by atoms with van der Waals surface area (Å²) in [4.78, 5) is 29.2. The van der Waals surface area contributed by atoms with Gasteiger partial charge in [-0.15, -0.1) is 0 Å². The maximum atomic E-state index is 13.0. The molecule has 7 nitrogen and oxygen atoms in total. The van der Waals surface area contributed by atoms with Crippen LogP contribution in [0.15, 0.2) is 24.3 Å². The molecule has 126 valence electrons. The highest BCUT2D eigenvalue weighted by Crippen LogP contribution is 2.39. The smallest absolute Gasteiger partial charge is 0.276 e. The third kappa shape index (κ3) is 2.67. The van der Waals surface area contributed by atoms with E-state index in [4.69, 9.17) is 0 Å². The number of aryl methyl sites for hydroxylation is 2. The fourth-order valence-corrected chi connectivity index (χ4v) is 2.94. The summed E-state index contributed by atoms with van der Waals surface area (Å²) in [6.07, 6.45) is 0.350. The Kier molecular flexibility index (Phi) is 4.11. The van der Waals surface area contributed by atoms with Gasteiger partial charge in [0.25, 0.3) is 5.91 Å². The van der Waals surface area contributed by atoms with Crippen molar-refractivity contribution in [3.8, 4) is 0 Å². The van der Waals surface area contributed by atoms with Gasteiger partial charge in [-0.1, -0.05) is 12.1 Å². The molecule has 3 rings (SSSR count). The predicted octanol–water partition coefficient (Wildman–Crippen LogP) is 1.91. The van der Waals surface area contributed by atoms with E-state index < -0.39 is 0 Å². The van der Waals surface area contributed by atoms with Crippen LogP contribution in [0, 0.1) is 6.92 Å². The Hall–Kier alpha value is -2.67. The Morgan fingerprint density at radius 1 is 1.29 bits per heavy atom. The average molecular weight is 327 g/mol. The van der Waals surface area contributed by atoms with Gasteiger partial charge in [0.15, 0.2) is 5.69 Å². The van der Waals surface area contributed by atoms with Crippen LogP contribution in [0.2, 0.25) is 0 Å². The molecule has 2 amide bonds. The Balaban J connectivity index is 2.17. The van der Waals surface area contributed by atoms with E-state index in [1.165, 1.54) is 4.68 Å². The Bertz CT molecular complexity index is 809. The van der Waals surface area contributed by atoms with Crippen LogP contribution >= 0.6 is 0 Å². The SMILES string of the molecule is Cc1nn(C)c2c1N(C(=O)CCN(C)C)c1ccccc1NC2=O. The van der Waals surface area contributed by atoms with Crippen molar-refractivity contribution in [2.45, 2.75) is 13.3 Å². The second kappa shape index (κ2) is 6.09. The van der Waals surface area contributed by atoms with Gasteiger partial charge in [0.2, 0.25) is 5.91 Å². The zero-order valence-corrected chi connectivity index (χ0v) is 14.3. The fraction of sp³-hybridized carbons (Fsp3) is 0.353. The first-order valence-electron chi connectivity index (χ1n) is 7.82. The van der Waals surface area contributed by atoms with E-state index in [0.29, 0.717) is 41.4 Å². The fourth-order valence-electron chi connectivity index (χ4n) is 2.94. The van der Waals surface area contributed by atoms with Crippen molar-refractivity contribution in [2.24, 2.45) is 7.05 Å². The summed E-state index contributed by atoms with van der Waals surface area (Å²) >= 11 is 0. The van der Waals surface area contributed by atoms with Gasteiger partial charge in [0.05, 0.1) is 17.1 Å². The number of anilines is 3. The Morgan fingerprint density at radius 3 is 2.71 bits per heavy atom. The predicted molar refractivity (Wildman–Crippen MR) is 92.7 cm³/mol. The summed E-state index contributed by atoms with van der Waals surface area (Å²) in [5.74, 6) is -0.326. The molecule has 0 radical (unpaired) electrons. The molecule has 0 unspecified atom stereocenters. The van der Waals surface area contributed by atoms with Crippen molar-refractivity contribution in [1.29, 1.82) is 0 Å². The number of fused-ring (bicyclic) bond motifs is 2. The lowest BCUT2D eigenvalue weighted by atomic mass is 10.2. The number of amides is 2. The van der Waals surface area contributed by atoms with Gasteiger partial charge in [-0.3, -0.25) is 19.2 Å². The minimum atomic E-state index is -0.261. The van der Waals surface area contributed by atoms with E-state index >= 15 is 0 Å². The molecule has 1 aromatic carbocycles. The second-order valence-electron chi connectivity index (χ2n) is 6.16. The molecule has 1 aliphatic rings. The Labute approximate surface area is 140 Å². The number of benzene rings is 1. The lowest BCUT2D eigenvalue weighted by Crippen LogP contribution is -2.30. The van der Waals surface area contributed by atoms with E-state index in [1.807, 2.05) is 44.1 Å². The van der Waals surface area contributed by atoms with Gasteiger partial charge in [-0.25, -0.2) is 0 Å². The second-order valence-corrected chi connectivity index (χ2v) is 6.16. The molecule has 2 aromatic rings. The van der Waals surface area contributed by atoms with Crippen LogP contribution in [0.5, 0.6) is 0 Å². The van der Waals surface area contributed by atoms with Gasteiger partial charge in [0.1, 0.15) is 5.69 Å². The van der Waals surface area contributed by atoms with Crippen molar-refractivity contribution in [3.63, 3.8) is 0 Å². The summed E-state index contributed by atoms with van der Waals surface area (Å²) in [5.41, 5.74) is 2.89. The molecule has 0 saturated heterocycles. The number of hydrogen-bond acceptors (Lipinski definition) is 4. The highest BCUT2D eigenvalue weighted by molar-refractivity contribution is 6.17. The average Bonchev–Trinajstić information content (AvgIpc) is 2.73. The van der Waals surface area contributed by atoms with Gasteiger partial charge in [-0.05, 0) is 33.2 Å². The number of aromatic nitrogens is 2. The van der Waals surface area contributed by atoms with Crippen molar-refractivity contribution in [3.05, 3.63) is 35.7 Å². The first-order chi connectivity index (χ1) is 11.4. The minimum Gasteiger partial charge on any atom is -0.319 e. The number of rotatable bonds is 3. The third-order valence-electron chi connectivity index (χ3n) is 4.04. The van der Waals surface area contributed by atoms with Crippen LogP contribution < -0.4 is 10.2 Å². The van der Waals surface area contributed by atoms with Gasteiger partial charge in [0, 0.05) is 20.0 Å². The largest absolute Gasteiger partial charge is 0.319 e. The van der Waals surface area contributed by atoms with Gasteiger partial charge in [-0.2, -0.15) is 5.10 Å². The molecule has 0 atom stereocenters. The highest BCUT2D eigenvalue weighted by Gasteiger charge is 2.33. The first-order valence-corrected chi connectivity index (χ1v) is 7.82. The van der Waals surface area contributed by atoms with Crippen molar-refractivity contribution < 1.29 is 9.59 Å². The minimum absolute atomic E-state index is 0.0648. The molecule has 1 aliphatic heterocycles. The molecule has 0 fully saturated rings. The van der Waals surface area contributed by atoms with Crippen LogP contribution in [-0.4, -0.2) is 47.1 Å². The lowest BCUT2D eigenvalue weighted by molar-refractivity contribution is -0.118. The van der Waals surface area contributed by atoms with E-state index in [2.05, 4.69) is 10.4 Å². The van der Waals surface area contributed by atoms with Crippen molar-refractivity contribution in [1.82, 2.24) is 14.7 Å². The van der Waals surface area contributed by atoms with E-state index in [-0.39, 0.29) is 11.8 Å². The van der Waals surface area contributed by atoms with Crippen LogP contribution in [-0.2, 0) is 11.8 Å². The summed E-state index contributed by atoms with van der Waals surface area (Å²) in [7, 11) is 5.56. The van der Waals surface area contributed by atoms with Gasteiger partial charge < -0.3 is 10.2 Å². The van der Waals surface area contributed by atoms with Crippen molar-refractivity contribution >= 4 is 28.9 Å².